The van der Waals surface area contributed by atoms with Crippen LogP contribution in [0.5, 0.6) is 0 Å². The Balaban J connectivity index is 2.08. The first kappa shape index (κ1) is 21.8. The number of ether oxygens (including phenoxy) is 2. The van der Waals surface area contributed by atoms with Gasteiger partial charge in [-0.15, -0.1) is 11.3 Å². The maximum absolute atomic E-state index is 14.0. The van der Waals surface area contributed by atoms with Crippen LogP contribution < -0.4 is 14.8 Å². The normalized spacial score (nSPS) is 15.5. The third kappa shape index (κ3) is 5.00. The minimum Gasteiger partial charge on any atom is -0.463 e. The van der Waals surface area contributed by atoms with Gasteiger partial charge in [0.05, 0.1) is 30.4 Å². The van der Waals surface area contributed by atoms with E-state index in [1.54, 1.807) is 11.8 Å². The van der Waals surface area contributed by atoms with Gasteiger partial charge in [0, 0.05) is 18.7 Å². The van der Waals surface area contributed by atoms with Gasteiger partial charge in [-0.1, -0.05) is 6.07 Å². The highest BCUT2D eigenvalue weighted by Crippen LogP contribution is 2.12. The van der Waals surface area contributed by atoms with Crippen LogP contribution in [0.1, 0.15) is 12.5 Å². The first-order chi connectivity index (χ1) is 14.4. The molecule has 2 aromatic rings. The number of hydrogen-bond acceptors (Lipinski definition) is 6. The van der Waals surface area contributed by atoms with Gasteiger partial charge < -0.3 is 14.4 Å². The maximum atomic E-state index is 14.0. The van der Waals surface area contributed by atoms with Gasteiger partial charge in [-0.25, -0.2) is 13.6 Å². The van der Waals surface area contributed by atoms with Crippen molar-refractivity contribution in [3.8, 4) is 0 Å². The van der Waals surface area contributed by atoms with Crippen LogP contribution in [0, 0.1) is 11.6 Å². The summed E-state index contributed by atoms with van der Waals surface area (Å²) in [6.45, 7) is 3.05. The van der Waals surface area contributed by atoms with E-state index in [4.69, 9.17) is 9.47 Å². The van der Waals surface area contributed by atoms with Crippen LogP contribution in [-0.2, 0) is 25.6 Å². The third-order valence-corrected chi connectivity index (χ3v) is 5.46. The van der Waals surface area contributed by atoms with Crippen LogP contribution in [0.3, 0.4) is 0 Å². The number of rotatable bonds is 5. The zero-order valence-electron chi connectivity index (χ0n) is 16.2. The van der Waals surface area contributed by atoms with E-state index in [0.29, 0.717) is 26.3 Å². The Morgan fingerprint density at radius 3 is 2.53 bits per heavy atom. The van der Waals surface area contributed by atoms with Gasteiger partial charge in [-0.05, 0) is 25.1 Å². The average Bonchev–Trinajstić information content (AvgIpc) is 3.00. The predicted molar refractivity (Wildman–Crippen MR) is 106 cm³/mol. The highest BCUT2D eigenvalue weighted by molar-refractivity contribution is 7.07. The van der Waals surface area contributed by atoms with Crippen molar-refractivity contribution in [3.05, 3.63) is 54.9 Å². The number of carbonyl (C=O) groups is 2. The predicted octanol–water partition coefficient (Wildman–Crippen LogP) is 0.219. The van der Waals surface area contributed by atoms with Crippen molar-refractivity contribution in [2.24, 2.45) is 0 Å². The Bertz CT molecular complexity index is 1100. The molecule has 1 aromatic carbocycles. The molecule has 10 heteroatoms. The number of halogens is 2. The number of hydrogen-bond donors (Lipinski definition) is 0. The maximum Gasteiger partial charge on any atom is 0.333 e. The van der Waals surface area contributed by atoms with Crippen LogP contribution in [0.25, 0.3) is 12.2 Å². The lowest BCUT2D eigenvalue weighted by Crippen LogP contribution is -2.45. The molecule has 7 nitrogen and oxygen atoms in total. The number of esters is 1. The molecule has 0 spiro atoms. The SMILES string of the molecule is CCOC(=O)/C=c1\s/c(=C\c2c(F)cccc2F)c(=O)n1CC(=O)N1CCOCC1. The highest BCUT2D eigenvalue weighted by Gasteiger charge is 2.19. The molecule has 0 aliphatic carbocycles. The summed E-state index contributed by atoms with van der Waals surface area (Å²) >= 11 is 0.851. The summed E-state index contributed by atoms with van der Waals surface area (Å²) in [6, 6.07) is 3.37. The van der Waals surface area contributed by atoms with Crippen LogP contribution in [0.4, 0.5) is 8.78 Å². The molecule has 1 aliphatic rings. The number of benzene rings is 1. The summed E-state index contributed by atoms with van der Waals surface area (Å²) in [4.78, 5) is 39.0. The van der Waals surface area contributed by atoms with E-state index in [1.165, 1.54) is 6.07 Å². The molecule has 0 N–H and O–H groups in total. The van der Waals surface area contributed by atoms with Crippen molar-refractivity contribution in [2.75, 3.05) is 32.9 Å². The van der Waals surface area contributed by atoms with E-state index in [2.05, 4.69) is 0 Å². The van der Waals surface area contributed by atoms with Gasteiger partial charge in [0.2, 0.25) is 5.91 Å². The molecule has 1 saturated heterocycles. The van der Waals surface area contributed by atoms with Crippen LogP contribution in [-0.4, -0.2) is 54.3 Å². The van der Waals surface area contributed by atoms with Crippen molar-refractivity contribution >= 4 is 35.4 Å². The molecule has 30 heavy (non-hydrogen) atoms. The van der Waals surface area contributed by atoms with Gasteiger partial charge in [0.15, 0.2) is 0 Å². The Hall–Kier alpha value is -2.85. The number of thiazole rings is 1. The minimum atomic E-state index is -0.824. The van der Waals surface area contributed by atoms with Gasteiger partial charge in [-0.3, -0.25) is 14.2 Å². The first-order valence-electron chi connectivity index (χ1n) is 9.30. The van der Waals surface area contributed by atoms with E-state index in [9.17, 15) is 23.2 Å². The lowest BCUT2D eigenvalue weighted by atomic mass is 10.2. The molecule has 0 bridgehead atoms. The molecule has 2 heterocycles. The largest absolute Gasteiger partial charge is 0.463 e. The molecule has 3 rings (SSSR count). The van der Waals surface area contributed by atoms with Gasteiger partial charge >= 0.3 is 5.97 Å². The van der Waals surface area contributed by atoms with E-state index in [1.807, 2.05) is 0 Å². The summed E-state index contributed by atoms with van der Waals surface area (Å²) in [5, 5.41) is 0. The van der Waals surface area contributed by atoms with Gasteiger partial charge in [0.1, 0.15) is 22.8 Å². The third-order valence-electron chi connectivity index (χ3n) is 4.40. The molecule has 0 radical (unpaired) electrons. The van der Waals surface area contributed by atoms with Crippen molar-refractivity contribution < 1.29 is 27.8 Å². The number of morpholine rings is 1. The fraction of sp³-hybridized carbons (Fsp3) is 0.350. The molecule has 1 aliphatic heterocycles. The summed E-state index contributed by atoms with van der Waals surface area (Å²) in [7, 11) is 0. The zero-order valence-corrected chi connectivity index (χ0v) is 17.0. The molecule has 1 amide bonds. The molecular weight excluding hydrogens is 418 g/mol. The molecule has 1 aromatic heterocycles. The molecular formula is C20H20F2N2O5S. The number of amides is 1. The lowest BCUT2D eigenvalue weighted by Gasteiger charge is -2.26. The van der Waals surface area contributed by atoms with Crippen molar-refractivity contribution in [1.82, 2.24) is 9.47 Å². The monoisotopic (exact) mass is 438 g/mol. The Morgan fingerprint density at radius 2 is 1.90 bits per heavy atom. The van der Waals surface area contributed by atoms with Crippen LogP contribution in [0.2, 0.25) is 0 Å². The van der Waals surface area contributed by atoms with Crippen molar-refractivity contribution in [1.29, 1.82) is 0 Å². The fourth-order valence-electron chi connectivity index (χ4n) is 2.91. The summed E-state index contributed by atoms with van der Waals surface area (Å²) in [6.07, 6.45) is 2.17. The van der Waals surface area contributed by atoms with Gasteiger partial charge in [-0.2, -0.15) is 0 Å². The highest BCUT2D eigenvalue weighted by atomic mass is 32.1. The number of carbonyl (C=O) groups excluding carboxylic acids is 2. The zero-order chi connectivity index (χ0) is 21.7. The van der Waals surface area contributed by atoms with Crippen molar-refractivity contribution in [2.45, 2.75) is 13.5 Å². The number of nitrogens with zero attached hydrogens (tertiary/aromatic N) is 2. The van der Waals surface area contributed by atoms with Crippen LogP contribution in [0.15, 0.2) is 23.0 Å². The molecule has 0 unspecified atom stereocenters. The second-order valence-electron chi connectivity index (χ2n) is 6.37. The summed E-state index contributed by atoms with van der Waals surface area (Å²) in [5.74, 6) is -2.65. The van der Waals surface area contributed by atoms with E-state index in [-0.39, 0.29) is 33.8 Å². The smallest absolute Gasteiger partial charge is 0.333 e. The fourth-order valence-corrected chi connectivity index (χ4v) is 3.92. The number of aromatic nitrogens is 1. The second kappa shape index (κ2) is 9.77. The van der Waals surface area contributed by atoms with E-state index in [0.717, 1.165) is 40.2 Å². The first-order valence-corrected chi connectivity index (χ1v) is 10.1. The Kier molecular flexibility index (Phi) is 7.11. The quantitative estimate of drug-likeness (QED) is 0.625. The molecule has 0 saturated carbocycles. The molecule has 0 atom stereocenters. The summed E-state index contributed by atoms with van der Waals surface area (Å²) < 4.78 is 39.4. The van der Waals surface area contributed by atoms with E-state index < -0.39 is 23.2 Å². The summed E-state index contributed by atoms with van der Waals surface area (Å²) in [5.41, 5.74) is -0.995. The standard InChI is InChI=1S/C20H20F2N2O5S/c1-2-29-19(26)11-18-24(12-17(25)23-6-8-28-9-7-23)20(27)16(30-18)10-13-14(21)4-3-5-15(13)22/h3-5,10-11H,2,6-9,12H2,1H3/b16-10-,18-11-. The van der Waals surface area contributed by atoms with Gasteiger partial charge in [0.25, 0.3) is 5.56 Å². The Labute approximate surface area is 174 Å². The second-order valence-corrected chi connectivity index (χ2v) is 7.43. The molecule has 1 fully saturated rings. The molecule has 160 valence electrons. The van der Waals surface area contributed by atoms with E-state index >= 15 is 0 Å². The average molecular weight is 438 g/mol. The minimum absolute atomic E-state index is 0.00988. The lowest BCUT2D eigenvalue weighted by molar-refractivity contribution is -0.136. The van der Waals surface area contributed by atoms with Crippen LogP contribution >= 0.6 is 11.3 Å². The topological polar surface area (TPSA) is 77.8 Å². The van der Waals surface area contributed by atoms with Crippen molar-refractivity contribution in [3.63, 3.8) is 0 Å². The Morgan fingerprint density at radius 1 is 1.23 bits per heavy atom.